The van der Waals surface area contributed by atoms with Gasteiger partial charge in [-0.1, -0.05) is 11.6 Å². The second kappa shape index (κ2) is 3.20. The van der Waals surface area contributed by atoms with E-state index in [2.05, 4.69) is 0 Å². The third-order valence-electron chi connectivity index (χ3n) is 2.21. The van der Waals surface area contributed by atoms with Gasteiger partial charge in [-0.2, -0.15) is 0 Å². The Morgan fingerprint density at radius 1 is 1.46 bits per heavy atom. The van der Waals surface area contributed by atoms with Crippen molar-refractivity contribution >= 4 is 11.6 Å². The minimum atomic E-state index is 0.161. The van der Waals surface area contributed by atoms with E-state index in [0.29, 0.717) is 0 Å². The summed E-state index contributed by atoms with van der Waals surface area (Å²) in [6.07, 6.45) is 0.445. The molecule has 1 aromatic carbocycles. The maximum absolute atomic E-state index is 5.88. The van der Waals surface area contributed by atoms with Crippen molar-refractivity contribution in [3.05, 3.63) is 28.8 Å². The molecule has 1 aromatic rings. The lowest BCUT2D eigenvalue weighted by atomic mass is 10.1. The van der Waals surface area contributed by atoms with Crippen molar-refractivity contribution in [2.45, 2.75) is 19.1 Å². The minimum Gasteiger partial charge on any atom is -0.496 e. The predicted octanol–water partition coefficient (Wildman–Crippen LogP) is 2.81. The second-order valence-electron chi connectivity index (χ2n) is 3.15. The molecule has 0 amide bonds. The van der Waals surface area contributed by atoms with Gasteiger partial charge in [0.15, 0.2) is 0 Å². The van der Waals surface area contributed by atoms with Crippen molar-refractivity contribution in [1.29, 1.82) is 0 Å². The molecule has 1 fully saturated rings. The fourth-order valence-corrected chi connectivity index (χ4v) is 1.62. The summed E-state index contributed by atoms with van der Waals surface area (Å²) >= 11 is 5.88. The number of methoxy groups -OCH3 is 1. The largest absolute Gasteiger partial charge is 0.496 e. The lowest BCUT2D eigenvalue weighted by molar-refractivity contribution is 0.368. The summed E-state index contributed by atoms with van der Waals surface area (Å²) in [4.78, 5) is 0. The Balaban J connectivity index is 2.35. The first kappa shape index (κ1) is 8.85. The lowest BCUT2D eigenvalue weighted by Gasteiger charge is -2.05. The van der Waals surface area contributed by atoms with Crippen LogP contribution in [0, 0.1) is 0 Å². The molecule has 0 aromatic heterocycles. The van der Waals surface area contributed by atoms with E-state index < -0.39 is 0 Å². The average molecular weight is 199 g/mol. The standard InChI is InChI=1S/C10H11ClO2/c1-6-10(13-6)8-5-7(11)3-4-9(8)12-2/h3-6,10H,1-2H3. The summed E-state index contributed by atoms with van der Waals surface area (Å²) in [7, 11) is 1.65. The number of hydrogen-bond acceptors (Lipinski definition) is 2. The predicted molar refractivity (Wildman–Crippen MR) is 51.3 cm³/mol. The Bertz CT molecular complexity index is 325. The molecule has 0 radical (unpaired) electrons. The van der Waals surface area contributed by atoms with Crippen molar-refractivity contribution < 1.29 is 9.47 Å². The number of ether oxygens (including phenoxy) is 2. The zero-order valence-electron chi connectivity index (χ0n) is 7.58. The molecule has 1 aliphatic rings. The Hall–Kier alpha value is -0.730. The van der Waals surface area contributed by atoms with Crippen molar-refractivity contribution in [1.82, 2.24) is 0 Å². The van der Waals surface area contributed by atoms with Gasteiger partial charge in [0.25, 0.3) is 0 Å². The zero-order chi connectivity index (χ0) is 9.42. The summed E-state index contributed by atoms with van der Waals surface area (Å²) in [5.41, 5.74) is 1.04. The first-order valence-electron chi connectivity index (χ1n) is 4.21. The molecular formula is C10H11ClO2. The smallest absolute Gasteiger partial charge is 0.124 e. The van der Waals surface area contributed by atoms with Gasteiger partial charge in [0, 0.05) is 10.6 Å². The van der Waals surface area contributed by atoms with Gasteiger partial charge in [0.05, 0.1) is 13.2 Å². The highest BCUT2D eigenvalue weighted by molar-refractivity contribution is 6.30. The molecule has 70 valence electrons. The number of benzene rings is 1. The van der Waals surface area contributed by atoms with Gasteiger partial charge in [-0.05, 0) is 25.1 Å². The molecule has 1 aliphatic heterocycles. The number of hydrogen-bond donors (Lipinski definition) is 0. The van der Waals surface area contributed by atoms with Crippen LogP contribution in [0.5, 0.6) is 5.75 Å². The van der Waals surface area contributed by atoms with E-state index in [1.807, 2.05) is 25.1 Å². The molecule has 13 heavy (non-hydrogen) atoms. The first-order chi connectivity index (χ1) is 6.22. The molecule has 0 spiro atoms. The maximum atomic E-state index is 5.88. The van der Waals surface area contributed by atoms with Gasteiger partial charge in [-0.3, -0.25) is 0 Å². The molecule has 0 aliphatic carbocycles. The fraction of sp³-hybridized carbons (Fsp3) is 0.400. The van der Waals surface area contributed by atoms with Crippen LogP contribution in [-0.2, 0) is 4.74 Å². The molecule has 2 nitrogen and oxygen atoms in total. The Morgan fingerprint density at radius 2 is 2.15 bits per heavy atom. The van der Waals surface area contributed by atoms with Crippen LogP contribution in [0.1, 0.15) is 18.6 Å². The summed E-state index contributed by atoms with van der Waals surface area (Å²) in [6.45, 7) is 2.03. The van der Waals surface area contributed by atoms with Crippen LogP contribution in [0.25, 0.3) is 0 Å². The molecule has 1 saturated heterocycles. The van der Waals surface area contributed by atoms with Crippen molar-refractivity contribution in [2.75, 3.05) is 7.11 Å². The van der Waals surface area contributed by atoms with E-state index in [1.54, 1.807) is 7.11 Å². The molecular weight excluding hydrogens is 188 g/mol. The van der Waals surface area contributed by atoms with Crippen LogP contribution in [0.3, 0.4) is 0 Å². The van der Waals surface area contributed by atoms with E-state index in [9.17, 15) is 0 Å². The van der Waals surface area contributed by atoms with Crippen LogP contribution < -0.4 is 4.74 Å². The van der Waals surface area contributed by atoms with Crippen molar-refractivity contribution in [2.24, 2.45) is 0 Å². The highest BCUT2D eigenvalue weighted by Crippen LogP contribution is 2.43. The van der Waals surface area contributed by atoms with Gasteiger partial charge in [0.1, 0.15) is 11.9 Å². The summed E-state index contributed by atoms with van der Waals surface area (Å²) in [6, 6.07) is 5.58. The second-order valence-corrected chi connectivity index (χ2v) is 3.58. The van der Waals surface area contributed by atoms with E-state index in [0.717, 1.165) is 16.3 Å². The number of rotatable bonds is 2. The van der Waals surface area contributed by atoms with Crippen LogP contribution in [0.4, 0.5) is 0 Å². The van der Waals surface area contributed by atoms with Crippen LogP contribution in [0.2, 0.25) is 5.02 Å². The highest BCUT2D eigenvalue weighted by atomic mass is 35.5. The van der Waals surface area contributed by atoms with E-state index in [1.165, 1.54) is 0 Å². The number of halogens is 1. The highest BCUT2D eigenvalue weighted by Gasteiger charge is 2.37. The molecule has 0 saturated carbocycles. The Morgan fingerprint density at radius 3 is 2.69 bits per heavy atom. The van der Waals surface area contributed by atoms with Gasteiger partial charge >= 0.3 is 0 Å². The SMILES string of the molecule is COc1ccc(Cl)cc1C1OC1C. The molecule has 1 heterocycles. The lowest BCUT2D eigenvalue weighted by Crippen LogP contribution is -1.91. The fourth-order valence-electron chi connectivity index (χ4n) is 1.44. The topological polar surface area (TPSA) is 21.8 Å². The zero-order valence-corrected chi connectivity index (χ0v) is 8.34. The summed E-state index contributed by atoms with van der Waals surface area (Å²) in [5, 5.41) is 0.721. The third kappa shape index (κ3) is 1.64. The quantitative estimate of drug-likeness (QED) is 0.682. The van der Waals surface area contributed by atoms with Gasteiger partial charge < -0.3 is 9.47 Å². The molecule has 2 unspecified atom stereocenters. The monoisotopic (exact) mass is 198 g/mol. The summed E-state index contributed by atoms with van der Waals surface area (Å²) < 4.78 is 10.6. The molecule has 3 heteroatoms. The minimum absolute atomic E-state index is 0.161. The number of epoxide rings is 1. The van der Waals surface area contributed by atoms with E-state index >= 15 is 0 Å². The Kier molecular flexibility index (Phi) is 2.18. The normalized spacial score (nSPS) is 25.8. The van der Waals surface area contributed by atoms with E-state index in [4.69, 9.17) is 21.1 Å². The third-order valence-corrected chi connectivity index (χ3v) is 2.44. The van der Waals surface area contributed by atoms with E-state index in [-0.39, 0.29) is 12.2 Å². The molecule has 2 rings (SSSR count). The molecule has 0 bridgehead atoms. The average Bonchev–Trinajstić information content (AvgIpc) is 2.82. The maximum Gasteiger partial charge on any atom is 0.124 e. The van der Waals surface area contributed by atoms with Crippen molar-refractivity contribution in [3.63, 3.8) is 0 Å². The van der Waals surface area contributed by atoms with Crippen LogP contribution in [0.15, 0.2) is 18.2 Å². The summed E-state index contributed by atoms with van der Waals surface area (Å²) in [5.74, 6) is 0.846. The van der Waals surface area contributed by atoms with Crippen molar-refractivity contribution in [3.8, 4) is 5.75 Å². The Labute approximate surface area is 82.4 Å². The van der Waals surface area contributed by atoms with Gasteiger partial charge in [-0.15, -0.1) is 0 Å². The van der Waals surface area contributed by atoms with Gasteiger partial charge in [-0.25, -0.2) is 0 Å². The first-order valence-corrected chi connectivity index (χ1v) is 4.59. The van der Waals surface area contributed by atoms with Gasteiger partial charge in [0.2, 0.25) is 0 Å². The van der Waals surface area contributed by atoms with Crippen LogP contribution in [-0.4, -0.2) is 13.2 Å². The molecule has 0 N–H and O–H groups in total. The van der Waals surface area contributed by atoms with Crippen LogP contribution >= 0.6 is 11.6 Å². The molecule has 2 atom stereocenters.